The highest BCUT2D eigenvalue weighted by Crippen LogP contribution is 2.40. The van der Waals surface area contributed by atoms with Crippen molar-refractivity contribution in [2.45, 2.75) is 38.0 Å². The first-order valence-electron chi connectivity index (χ1n) is 6.08. The molecule has 1 heterocycles. The van der Waals surface area contributed by atoms with Gasteiger partial charge in [-0.1, -0.05) is 6.07 Å². The molecule has 2 rings (SSSR count). The second-order valence-corrected chi connectivity index (χ2v) is 6.04. The van der Waals surface area contributed by atoms with Gasteiger partial charge in [0.15, 0.2) is 0 Å². The predicted molar refractivity (Wildman–Crippen MR) is 72.9 cm³/mol. The molecule has 2 nitrogen and oxygen atoms in total. The van der Waals surface area contributed by atoms with Crippen molar-refractivity contribution >= 4 is 11.8 Å². The van der Waals surface area contributed by atoms with Gasteiger partial charge in [-0.15, -0.1) is 0 Å². The highest BCUT2D eigenvalue weighted by Gasteiger charge is 2.28. The molecule has 1 fully saturated rings. The van der Waals surface area contributed by atoms with E-state index in [4.69, 9.17) is 4.74 Å². The van der Waals surface area contributed by atoms with Crippen molar-refractivity contribution in [2.24, 2.45) is 0 Å². The van der Waals surface area contributed by atoms with Crippen LogP contribution >= 0.6 is 11.8 Å². The lowest BCUT2D eigenvalue weighted by atomic mass is 9.96. The van der Waals surface area contributed by atoms with Crippen LogP contribution in [-0.4, -0.2) is 23.2 Å². The number of aryl methyl sites for hydroxylation is 2. The second-order valence-electron chi connectivity index (χ2n) is 4.69. The Labute approximate surface area is 107 Å². The Kier molecular flexibility index (Phi) is 4.00. The summed E-state index contributed by atoms with van der Waals surface area (Å²) in [5.41, 5.74) is 3.27. The van der Waals surface area contributed by atoms with Crippen molar-refractivity contribution in [1.29, 1.82) is 0 Å². The van der Waals surface area contributed by atoms with Crippen LogP contribution in [0.1, 0.15) is 35.6 Å². The molecular formula is C14H20O2S. The Hall–Kier alpha value is -0.670. The highest BCUT2D eigenvalue weighted by atomic mass is 32.2. The summed E-state index contributed by atoms with van der Waals surface area (Å²) in [7, 11) is 1.67. The van der Waals surface area contributed by atoms with Crippen LogP contribution in [0, 0.1) is 13.8 Å². The number of ether oxygens (including phenoxy) is 1. The minimum Gasteiger partial charge on any atom is -0.496 e. The Morgan fingerprint density at radius 2 is 2.18 bits per heavy atom. The molecule has 1 aromatic rings. The zero-order valence-electron chi connectivity index (χ0n) is 10.7. The number of methoxy groups -OCH3 is 1. The van der Waals surface area contributed by atoms with Crippen molar-refractivity contribution < 1.29 is 9.84 Å². The van der Waals surface area contributed by atoms with Crippen molar-refractivity contribution in [3.8, 4) is 5.75 Å². The number of benzene rings is 1. The molecule has 1 aromatic carbocycles. The summed E-state index contributed by atoms with van der Waals surface area (Å²) in [6.45, 7) is 4.10. The molecule has 1 aliphatic heterocycles. The molecule has 1 saturated heterocycles. The minimum absolute atomic E-state index is 0.324. The highest BCUT2D eigenvalue weighted by molar-refractivity contribution is 8.00. The fourth-order valence-corrected chi connectivity index (χ4v) is 3.81. The first-order chi connectivity index (χ1) is 8.13. The van der Waals surface area contributed by atoms with Gasteiger partial charge >= 0.3 is 0 Å². The lowest BCUT2D eigenvalue weighted by Crippen LogP contribution is -2.14. The largest absolute Gasteiger partial charge is 0.496 e. The van der Waals surface area contributed by atoms with Gasteiger partial charge in [-0.25, -0.2) is 0 Å². The van der Waals surface area contributed by atoms with Gasteiger partial charge in [0.05, 0.1) is 13.2 Å². The topological polar surface area (TPSA) is 29.5 Å². The summed E-state index contributed by atoms with van der Waals surface area (Å²) in [5, 5.41) is 10.8. The molecule has 17 heavy (non-hydrogen) atoms. The fraction of sp³-hybridized carbons (Fsp3) is 0.571. The maximum Gasteiger partial charge on any atom is 0.125 e. The van der Waals surface area contributed by atoms with Crippen LogP contribution in [0.5, 0.6) is 5.75 Å². The van der Waals surface area contributed by atoms with Crippen LogP contribution < -0.4 is 4.74 Å². The number of hydrogen-bond acceptors (Lipinski definition) is 3. The normalized spacial score (nSPS) is 21.5. The Bertz CT molecular complexity index is 397. The smallest absolute Gasteiger partial charge is 0.125 e. The Morgan fingerprint density at radius 1 is 1.41 bits per heavy atom. The Morgan fingerprint density at radius 3 is 2.76 bits per heavy atom. The third kappa shape index (κ3) is 2.61. The summed E-state index contributed by atoms with van der Waals surface area (Å²) >= 11 is 1.87. The molecule has 0 saturated carbocycles. The van der Waals surface area contributed by atoms with E-state index in [0.29, 0.717) is 5.25 Å². The zero-order chi connectivity index (χ0) is 12.4. The summed E-state index contributed by atoms with van der Waals surface area (Å²) in [4.78, 5) is 0. The molecule has 1 N–H and O–H groups in total. The van der Waals surface area contributed by atoms with Gasteiger partial charge in [0, 0.05) is 10.8 Å². The quantitative estimate of drug-likeness (QED) is 0.895. The fourth-order valence-electron chi connectivity index (χ4n) is 2.53. The van der Waals surface area contributed by atoms with Crippen molar-refractivity contribution in [3.05, 3.63) is 28.8 Å². The van der Waals surface area contributed by atoms with Crippen LogP contribution in [0.25, 0.3) is 0 Å². The van der Waals surface area contributed by atoms with Crippen LogP contribution in [0.2, 0.25) is 0 Å². The summed E-state index contributed by atoms with van der Waals surface area (Å²) < 4.78 is 5.42. The molecule has 0 radical (unpaired) electrons. The van der Waals surface area contributed by atoms with Gasteiger partial charge in [-0.3, -0.25) is 0 Å². The molecule has 0 spiro atoms. The van der Waals surface area contributed by atoms with E-state index in [1.807, 2.05) is 24.8 Å². The third-order valence-electron chi connectivity index (χ3n) is 3.33. The predicted octanol–water partition coefficient (Wildman–Crippen LogP) is 3.24. The lowest BCUT2D eigenvalue weighted by molar-refractivity contribution is 0.168. The molecule has 94 valence electrons. The Balaban J connectivity index is 2.35. The van der Waals surface area contributed by atoms with Crippen molar-refractivity contribution in [3.63, 3.8) is 0 Å². The van der Waals surface area contributed by atoms with Crippen molar-refractivity contribution in [1.82, 2.24) is 0 Å². The van der Waals surface area contributed by atoms with E-state index in [9.17, 15) is 5.11 Å². The molecule has 0 aliphatic carbocycles. The first kappa shape index (κ1) is 12.8. The van der Waals surface area contributed by atoms with Crippen LogP contribution in [0.3, 0.4) is 0 Å². The molecule has 3 heteroatoms. The SMILES string of the molecule is COc1cc(C)cc(C)c1C(O)C1CCCS1. The molecule has 1 aliphatic rings. The van der Waals surface area contributed by atoms with Gasteiger partial charge in [-0.2, -0.15) is 11.8 Å². The monoisotopic (exact) mass is 252 g/mol. The number of thioether (sulfide) groups is 1. The average Bonchev–Trinajstić information content (AvgIpc) is 2.80. The van der Waals surface area contributed by atoms with Crippen LogP contribution in [0.4, 0.5) is 0 Å². The minimum atomic E-state index is -0.405. The van der Waals surface area contributed by atoms with E-state index in [-0.39, 0.29) is 0 Å². The van der Waals surface area contributed by atoms with Crippen molar-refractivity contribution in [2.75, 3.05) is 12.9 Å². The number of hydrogen-bond donors (Lipinski definition) is 1. The first-order valence-corrected chi connectivity index (χ1v) is 7.13. The van der Waals surface area contributed by atoms with E-state index in [0.717, 1.165) is 29.1 Å². The molecule has 2 atom stereocenters. The van der Waals surface area contributed by atoms with Gasteiger partial charge in [-0.05, 0) is 49.6 Å². The zero-order valence-corrected chi connectivity index (χ0v) is 11.5. The molecule has 0 amide bonds. The van der Waals surface area contributed by atoms with Gasteiger partial charge in [0.2, 0.25) is 0 Å². The standard InChI is InChI=1S/C14H20O2S/c1-9-7-10(2)13(11(8-9)16-3)14(15)12-5-4-6-17-12/h7-8,12,14-15H,4-6H2,1-3H3. The van der Waals surface area contributed by atoms with E-state index in [2.05, 4.69) is 13.0 Å². The number of rotatable bonds is 3. The third-order valence-corrected chi connectivity index (χ3v) is 4.77. The van der Waals surface area contributed by atoms with E-state index in [1.165, 1.54) is 12.0 Å². The number of aliphatic hydroxyl groups excluding tert-OH is 1. The van der Waals surface area contributed by atoms with Gasteiger partial charge in [0.1, 0.15) is 5.75 Å². The average molecular weight is 252 g/mol. The summed E-state index contributed by atoms with van der Waals surface area (Å²) in [5.74, 6) is 1.98. The van der Waals surface area contributed by atoms with E-state index < -0.39 is 6.10 Å². The van der Waals surface area contributed by atoms with Gasteiger partial charge in [0.25, 0.3) is 0 Å². The second kappa shape index (κ2) is 5.32. The molecule has 0 aromatic heterocycles. The molecule has 2 unspecified atom stereocenters. The summed E-state index contributed by atoms with van der Waals surface area (Å²) in [6.07, 6.45) is 1.90. The van der Waals surface area contributed by atoms with Gasteiger partial charge < -0.3 is 9.84 Å². The lowest BCUT2D eigenvalue weighted by Gasteiger charge is -2.22. The maximum absolute atomic E-state index is 10.5. The summed E-state index contributed by atoms with van der Waals surface area (Å²) in [6, 6.07) is 4.12. The van der Waals surface area contributed by atoms with E-state index >= 15 is 0 Å². The van der Waals surface area contributed by atoms with Crippen LogP contribution in [-0.2, 0) is 0 Å². The van der Waals surface area contributed by atoms with Crippen LogP contribution in [0.15, 0.2) is 12.1 Å². The number of aliphatic hydroxyl groups is 1. The molecule has 0 bridgehead atoms. The van der Waals surface area contributed by atoms with E-state index in [1.54, 1.807) is 7.11 Å². The maximum atomic E-state index is 10.5. The molecular weight excluding hydrogens is 232 g/mol.